The maximum Gasteiger partial charge on any atom is 0.348 e. The summed E-state index contributed by atoms with van der Waals surface area (Å²) in [5.41, 5.74) is 0.0239. The van der Waals surface area contributed by atoms with E-state index in [-0.39, 0.29) is 22.7 Å². The maximum absolute atomic E-state index is 13.0. The molecular weight excluding hydrogens is 353 g/mol. The van der Waals surface area contributed by atoms with Gasteiger partial charge in [0.25, 0.3) is 5.91 Å². The number of carbonyl (C=O) groups excluding carboxylic acids is 1. The van der Waals surface area contributed by atoms with Gasteiger partial charge in [0.15, 0.2) is 5.30 Å². The summed E-state index contributed by atoms with van der Waals surface area (Å²) in [7, 11) is -2.81. The van der Waals surface area contributed by atoms with Gasteiger partial charge in [-0.3, -0.25) is 4.79 Å². The molecule has 25 heavy (non-hydrogen) atoms. The molecule has 1 fully saturated rings. The summed E-state index contributed by atoms with van der Waals surface area (Å²) in [6.07, 6.45) is -0.0463. The first-order valence-corrected chi connectivity index (χ1v) is 8.43. The standard InChI is InChI=1S/C13H8F2NO3P.C3H7NO/c14-9-5-10(15)7-11(6-9)16-13(17)8-2-1-3-12(4-8)20(18)19;5-3-1-4-2-3/h1-7H,(H,16,17);3-5H,1-2H2. The largest absolute Gasteiger partial charge is 0.591 e. The lowest BCUT2D eigenvalue weighted by atomic mass is 10.2. The van der Waals surface area contributed by atoms with Gasteiger partial charge in [0.05, 0.1) is 6.10 Å². The predicted octanol–water partition coefficient (Wildman–Crippen LogP) is 0.896. The molecule has 3 N–H and O–H groups in total. The van der Waals surface area contributed by atoms with Crippen LogP contribution in [0, 0.1) is 11.6 Å². The molecule has 1 unspecified atom stereocenters. The lowest BCUT2D eigenvalue weighted by Gasteiger charge is -2.20. The number of hydrogen-bond acceptors (Lipinski definition) is 5. The van der Waals surface area contributed by atoms with Crippen LogP contribution < -0.4 is 20.8 Å². The molecule has 1 saturated heterocycles. The molecule has 6 nitrogen and oxygen atoms in total. The van der Waals surface area contributed by atoms with Crippen LogP contribution in [0.1, 0.15) is 10.4 Å². The molecule has 0 aliphatic carbocycles. The first-order chi connectivity index (χ1) is 11.8. The molecule has 0 aromatic heterocycles. The second kappa shape index (κ2) is 8.73. The number of anilines is 1. The van der Waals surface area contributed by atoms with Crippen LogP contribution in [0.25, 0.3) is 0 Å². The van der Waals surface area contributed by atoms with Crippen LogP contribution >= 0.6 is 8.03 Å². The maximum atomic E-state index is 13.0. The first-order valence-electron chi connectivity index (χ1n) is 7.26. The fourth-order valence-electron chi connectivity index (χ4n) is 1.86. The van der Waals surface area contributed by atoms with Crippen LogP contribution in [0.15, 0.2) is 42.5 Å². The SMILES string of the molecule is O=C(Nc1cc(F)cc(F)c1)c1cccc([P+](=O)[O-])c1.OC1CNC1. The Morgan fingerprint density at radius 1 is 1.20 bits per heavy atom. The van der Waals surface area contributed by atoms with Gasteiger partial charge in [-0.2, -0.15) is 0 Å². The molecule has 2 aromatic carbocycles. The highest BCUT2D eigenvalue weighted by Crippen LogP contribution is 2.15. The zero-order valence-corrected chi connectivity index (χ0v) is 13.8. The summed E-state index contributed by atoms with van der Waals surface area (Å²) in [5.74, 6) is -2.30. The van der Waals surface area contributed by atoms with E-state index in [2.05, 4.69) is 10.6 Å². The van der Waals surface area contributed by atoms with Crippen LogP contribution in [0.4, 0.5) is 14.5 Å². The number of amides is 1. The van der Waals surface area contributed by atoms with Crippen molar-refractivity contribution in [2.45, 2.75) is 6.10 Å². The van der Waals surface area contributed by atoms with Gasteiger partial charge < -0.3 is 20.6 Å². The highest BCUT2D eigenvalue weighted by atomic mass is 31.1. The number of hydrogen-bond donors (Lipinski definition) is 3. The van der Waals surface area contributed by atoms with Gasteiger partial charge >= 0.3 is 8.03 Å². The van der Waals surface area contributed by atoms with Crippen molar-refractivity contribution in [1.29, 1.82) is 0 Å². The van der Waals surface area contributed by atoms with Crippen molar-refractivity contribution in [2.24, 2.45) is 0 Å². The molecule has 1 aliphatic rings. The smallest absolute Gasteiger partial charge is 0.348 e. The number of aliphatic hydroxyl groups excluding tert-OH is 1. The summed E-state index contributed by atoms with van der Waals surface area (Å²) in [6, 6.07) is 7.91. The molecule has 0 bridgehead atoms. The van der Waals surface area contributed by atoms with Crippen molar-refractivity contribution >= 4 is 24.9 Å². The fraction of sp³-hybridized carbons (Fsp3) is 0.188. The molecule has 132 valence electrons. The van der Waals surface area contributed by atoms with E-state index in [9.17, 15) is 23.0 Å². The minimum absolute atomic E-state index is 0.0157. The molecule has 1 amide bonds. The van der Waals surface area contributed by atoms with Crippen molar-refractivity contribution in [2.75, 3.05) is 18.4 Å². The highest BCUT2D eigenvalue weighted by molar-refractivity contribution is 7.45. The lowest BCUT2D eigenvalue weighted by molar-refractivity contribution is -0.160. The van der Waals surface area contributed by atoms with E-state index in [1.807, 2.05) is 0 Å². The van der Waals surface area contributed by atoms with Gasteiger partial charge in [0, 0.05) is 36.5 Å². The normalized spacial score (nSPS) is 14.0. The Morgan fingerprint density at radius 3 is 2.28 bits per heavy atom. The van der Waals surface area contributed by atoms with Crippen LogP contribution in [0.5, 0.6) is 0 Å². The van der Waals surface area contributed by atoms with Gasteiger partial charge in [0.1, 0.15) is 11.6 Å². The average molecular weight is 368 g/mol. The number of halogens is 2. The second-order valence-electron chi connectivity index (χ2n) is 5.23. The first kappa shape index (κ1) is 19.1. The summed E-state index contributed by atoms with van der Waals surface area (Å²) < 4.78 is 36.8. The Balaban J connectivity index is 0.000000386. The third kappa shape index (κ3) is 5.95. The molecular formula is C16H15F2N2O4P. The molecule has 1 heterocycles. The lowest BCUT2D eigenvalue weighted by Crippen LogP contribution is -2.46. The number of carbonyl (C=O) groups is 1. The van der Waals surface area contributed by atoms with Crippen molar-refractivity contribution in [1.82, 2.24) is 5.32 Å². The number of benzene rings is 2. The van der Waals surface area contributed by atoms with Crippen LogP contribution in [-0.4, -0.2) is 30.2 Å². The van der Waals surface area contributed by atoms with E-state index in [1.165, 1.54) is 24.3 Å². The quantitative estimate of drug-likeness (QED) is 0.699. The van der Waals surface area contributed by atoms with Gasteiger partial charge in [-0.25, -0.2) is 8.78 Å². The van der Waals surface area contributed by atoms with E-state index in [0.29, 0.717) is 6.07 Å². The van der Waals surface area contributed by atoms with Crippen molar-refractivity contribution in [3.8, 4) is 0 Å². The molecule has 0 saturated carbocycles. The van der Waals surface area contributed by atoms with E-state index in [1.54, 1.807) is 0 Å². The Hall–Kier alpha value is -2.25. The number of aliphatic hydroxyl groups is 1. The summed E-state index contributed by atoms with van der Waals surface area (Å²) >= 11 is 0. The van der Waals surface area contributed by atoms with Crippen LogP contribution in [0.3, 0.4) is 0 Å². The minimum atomic E-state index is -2.81. The summed E-state index contributed by atoms with van der Waals surface area (Å²) in [5, 5.41) is 13.6. The topological polar surface area (TPSA) is 101 Å². The Morgan fingerprint density at radius 2 is 1.80 bits per heavy atom. The second-order valence-corrected chi connectivity index (χ2v) is 6.26. The van der Waals surface area contributed by atoms with Gasteiger partial charge in [-0.15, -0.1) is 0 Å². The third-order valence-electron chi connectivity index (χ3n) is 3.20. The van der Waals surface area contributed by atoms with Gasteiger partial charge in [-0.1, -0.05) is 10.6 Å². The molecule has 9 heteroatoms. The van der Waals surface area contributed by atoms with Crippen molar-refractivity contribution in [3.05, 3.63) is 59.7 Å². The Kier molecular flexibility index (Phi) is 6.66. The van der Waals surface area contributed by atoms with E-state index in [4.69, 9.17) is 5.11 Å². The number of rotatable bonds is 3. The summed E-state index contributed by atoms with van der Waals surface area (Å²) in [6.45, 7) is 1.58. The van der Waals surface area contributed by atoms with Crippen LogP contribution in [-0.2, 0) is 4.57 Å². The highest BCUT2D eigenvalue weighted by Gasteiger charge is 2.13. The van der Waals surface area contributed by atoms with E-state index in [0.717, 1.165) is 25.2 Å². The Labute approximate surface area is 143 Å². The number of nitrogens with one attached hydrogen (secondary N) is 2. The summed E-state index contributed by atoms with van der Waals surface area (Å²) in [4.78, 5) is 22.7. The molecule has 0 spiro atoms. The van der Waals surface area contributed by atoms with E-state index < -0.39 is 25.6 Å². The number of β-amino-alcohol motifs (C(OH)–C–C–N with tert-alkyl or cyclic N) is 1. The molecule has 3 rings (SSSR count). The third-order valence-corrected chi connectivity index (χ3v) is 3.90. The fourth-order valence-corrected chi connectivity index (χ4v) is 2.32. The molecule has 0 radical (unpaired) electrons. The van der Waals surface area contributed by atoms with E-state index >= 15 is 0 Å². The zero-order chi connectivity index (χ0) is 18.4. The van der Waals surface area contributed by atoms with Crippen molar-refractivity contribution < 1.29 is 28.1 Å². The average Bonchev–Trinajstić information content (AvgIpc) is 2.52. The predicted molar refractivity (Wildman–Crippen MR) is 86.9 cm³/mol. The Bertz CT molecular complexity index is 764. The van der Waals surface area contributed by atoms with Gasteiger partial charge in [-0.05, 0) is 24.3 Å². The minimum Gasteiger partial charge on any atom is -0.591 e. The monoisotopic (exact) mass is 368 g/mol. The van der Waals surface area contributed by atoms with Crippen molar-refractivity contribution in [3.63, 3.8) is 0 Å². The van der Waals surface area contributed by atoms with Crippen LogP contribution in [0.2, 0.25) is 0 Å². The zero-order valence-electron chi connectivity index (χ0n) is 12.9. The van der Waals surface area contributed by atoms with Gasteiger partial charge in [0.2, 0.25) is 0 Å². The molecule has 1 aliphatic heterocycles. The molecule has 2 aromatic rings. The molecule has 1 atom stereocenters.